The molecule has 1 saturated carbocycles. The monoisotopic (exact) mass is 556 g/mol. The molecule has 3 aliphatic rings. The van der Waals surface area contributed by atoms with Crippen molar-refractivity contribution in [1.29, 1.82) is 0 Å². The van der Waals surface area contributed by atoms with Crippen molar-refractivity contribution in [3.05, 3.63) is 35.6 Å². The summed E-state index contributed by atoms with van der Waals surface area (Å²) >= 11 is 0. The van der Waals surface area contributed by atoms with Crippen molar-refractivity contribution in [3.8, 4) is 0 Å². The average Bonchev–Trinajstić information content (AvgIpc) is 3.67. The zero-order valence-electron chi connectivity index (χ0n) is 23.6. The number of nitrogens with zero attached hydrogens (tertiary/aromatic N) is 1. The Morgan fingerprint density at radius 1 is 0.875 bits per heavy atom. The van der Waals surface area contributed by atoms with Crippen molar-refractivity contribution < 1.29 is 23.6 Å². The number of halogens is 1. The highest BCUT2D eigenvalue weighted by molar-refractivity contribution is 5.95. The second-order valence-electron chi connectivity index (χ2n) is 11.7. The highest BCUT2D eigenvalue weighted by Gasteiger charge is 2.41. The standard InChI is InChI=1S/C31H45FN4O4/c32-24-13-10-9-12-23(24)21-33-30(39)25-14-7-5-3-1-2-4-6-8-16-28(37)34-26(31(40)35-25)20-29(38)36-19-11-15-27(36)22-17-18-22/h9-10,12-13,22,25-27H,1-8,11,14-21H2,(H,33,39)(H,34,37)(H,35,40)/t25-,26-,27?/m0/s1. The molecule has 220 valence electrons. The molecule has 8 nitrogen and oxygen atoms in total. The summed E-state index contributed by atoms with van der Waals surface area (Å²) in [7, 11) is 0. The van der Waals surface area contributed by atoms with Crippen LogP contribution in [0.3, 0.4) is 0 Å². The van der Waals surface area contributed by atoms with Crippen LogP contribution >= 0.6 is 0 Å². The molecular weight excluding hydrogens is 511 g/mol. The van der Waals surface area contributed by atoms with Crippen LogP contribution in [0.15, 0.2) is 24.3 Å². The Bertz CT molecular complexity index is 1030. The maximum atomic E-state index is 14.1. The van der Waals surface area contributed by atoms with Crippen molar-refractivity contribution in [2.24, 2.45) is 5.92 Å². The van der Waals surface area contributed by atoms with Crippen molar-refractivity contribution in [3.63, 3.8) is 0 Å². The molecule has 3 atom stereocenters. The molecule has 2 saturated heterocycles. The number of amides is 4. The van der Waals surface area contributed by atoms with Crippen LogP contribution in [0, 0.1) is 11.7 Å². The predicted molar refractivity (Wildman–Crippen MR) is 150 cm³/mol. The number of hydrogen-bond donors (Lipinski definition) is 3. The third-order valence-electron chi connectivity index (χ3n) is 8.51. The van der Waals surface area contributed by atoms with Gasteiger partial charge in [0.2, 0.25) is 23.6 Å². The molecule has 3 N–H and O–H groups in total. The normalized spacial score (nSPS) is 25.6. The van der Waals surface area contributed by atoms with E-state index < -0.39 is 29.7 Å². The van der Waals surface area contributed by atoms with Gasteiger partial charge in [-0.1, -0.05) is 63.1 Å². The maximum Gasteiger partial charge on any atom is 0.243 e. The summed E-state index contributed by atoms with van der Waals surface area (Å²) in [5, 5.41) is 8.40. The van der Waals surface area contributed by atoms with Gasteiger partial charge >= 0.3 is 0 Å². The molecule has 9 heteroatoms. The lowest BCUT2D eigenvalue weighted by Gasteiger charge is -2.28. The van der Waals surface area contributed by atoms with Crippen LogP contribution in [0.1, 0.15) is 102 Å². The smallest absolute Gasteiger partial charge is 0.243 e. The average molecular weight is 557 g/mol. The number of likely N-dealkylation sites (tertiary alicyclic amines) is 1. The first-order valence-electron chi connectivity index (χ1n) is 15.3. The Morgan fingerprint density at radius 2 is 1.57 bits per heavy atom. The highest BCUT2D eigenvalue weighted by atomic mass is 19.1. The molecule has 0 aromatic heterocycles. The molecule has 1 aromatic rings. The quantitative estimate of drug-likeness (QED) is 0.490. The third-order valence-corrected chi connectivity index (χ3v) is 8.51. The van der Waals surface area contributed by atoms with E-state index in [4.69, 9.17) is 0 Å². The fraction of sp³-hybridized carbons (Fsp3) is 0.677. The lowest BCUT2D eigenvalue weighted by atomic mass is 10.0. The number of rotatable bonds is 6. The Kier molecular flexibility index (Phi) is 11.4. The fourth-order valence-electron chi connectivity index (χ4n) is 6.02. The van der Waals surface area contributed by atoms with Crippen LogP contribution in [-0.2, 0) is 25.7 Å². The summed E-state index contributed by atoms with van der Waals surface area (Å²) in [6.45, 7) is 0.692. The van der Waals surface area contributed by atoms with E-state index in [9.17, 15) is 23.6 Å². The summed E-state index contributed by atoms with van der Waals surface area (Å²) in [5.41, 5.74) is 0.363. The number of carbonyl (C=O) groups is 4. The fourth-order valence-corrected chi connectivity index (χ4v) is 6.02. The minimum atomic E-state index is -1.05. The van der Waals surface area contributed by atoms with Crippen molar-refractivity contribution >= 4 is 23.6 Å². The lowest BCUT2D eigenvalue weighted by Crippen LogP contribution is -2.55. The molecule has 4 rings (SSSR count). The van der Waals surface area contributed by atoms with Gasteiger partial charge in [0.05, 0.1) is 6.42 Å². The SMILES string of the molecule is O=C1CCCCCCCCCC[C@@H](C(=O)NCc2ccccc2F)NC(=O)[C@H](CC(=O)N2CCCC2C2CC2)N1. The second-order valence-corrected chi connectivity index (χ2v) is 11.7. The van der Waals surface area contributed by atoms with Crippen LogP contribution in [0.2, 0.25) is 0 Å². The van der Waals surface area contributed by atoms with Gasteiger partial charge in [-0.05, 0) is 50.5 Å². The minimum absolute atomic E-state index is 0.00798. The molecule has 40 heavy (non-hydrogen) atoms. The van der Waals surface area contributed by atoms with Gasteiger partial charge in [-0.25, -0.2) is 4.39 Å². The van der Waals surface area contributed by atoms with Gasteiger partial charge in [0, 0.05) is 31.1 Å². The second kappa shape index (κ2) is 15.1. The number of benzene rings is 1. The Balaban J connectivity index is 1.45. The molecule has 1 aliphatic carbocycles. The van der Waals surface area contributed by atoms with Gasteiger partial charge in [0.25, 0.3) is 0 Å². The minimum Gasteiger partial charge on any atom is -0.350 e. The number of nitrogens with one attached hydrogen (secondary N) is 3. The zero-order valence-corrected chi connectivity index (χ0v) is 23.6. The zero-order chi connectivity index (χ0) is 28.3. The first kappa shape index (κ1) is 30.0. The lowest BCUT2D eigenvalue weighted by molar-refractivity contribution is -0.137. The van der Waals surface area contributed by atoms with E-state index in [-0.39, 0.29) is 30.8 Å². The van der Waals surface area contributed by atoms with Crippen LogP contribution in [0.4, 0.5) is 4.39 Å². The van der Waals surface area contributed by atoms with E-state index in [1.807, 2.05) is 4.90 Å². The van der Waals surface area contributed by atoms with E-state index in [0.29, 0.717) is 30.9 Å². The molecule has 3 fully saturated rings. The highest BCUT2D eigenvalue weighted by Crippen LogP contribution is 2.40. The van der Waals surface area contributed by atoms with Gasteiger partial charge in [-0.2, -0.15) is 0 Å². The van der Waals surface area contributed by atoms with Gasteiger partial charge in [-0.15, -0.1) is 0 Å². The van der Waals surface area contributed by atoms with Crippen LogP contribution in [-0.4, -0.2) is 53.2 Å². The molecule has 0 bridgehead atoms. The first-order chi connectivity index (χ1) is 19.4. The largest absolute Gasteiger partial charge is 0.350 e. The summed E-state index contributed by atoms with van der Waals surface area (Å²) < 4.78 is 14.1. The molecule has 0 spiro atoms. The summed E-state index contributed by atoms with van der Waals surface area (Å²) in [5.74, 6) is -1.15. The number of hydrogen-bond acceptors (Lipinski definition) is 4. The van der Waals surface area contributed by atoms with Crippen LogP contribution < -0.4 is 16.0 Å². The van der Waals surface area contributed by atoms with E-state index in [1.54, 1.807) is 18.2 Å². The van der Waals surface area contributed by atoms with E-state index >= 15 is 0 Å². The molecule has 1 unspecified atom stereocenters. The maximum absolute atomic E-state index is 14.1. The molecule has 2 heterocycles. The summed E-state index contributed by atoms with van der Waals surface area (Å²) in [6, 6.07) is 4.59. The van der Waals surface area contributed by atoms with Crippen molar-refractivity contribution in [2.75, 3.05) is 6.54 Å². The Morgan fingerprint density at radius 3 is 2.30 bits per heavy atom. The van der Waals surface area contributed by atoms with Crippen LogP contribution in [0.5, 0.6) is 0 Å². The summed E-state index contributed by atoms with van der Waals surface area (Å²) in [6.07, 6.45) is 12.6. The molecule has 2 aliphatic heterocycles. The van der Waals surface area contributed by atoms with Gasteiger partial charge in [0.1, 0.15) is 17.9 Å². The van der Waals surface area contributed by atoms with Gasteiger partial charge in [0.15, 0.2) is 0 Å². The van der Waals surface area contributed by atoms with Gasteiger partial charge in [-0.3, -0.25) is 19.2 Å². The Labute approximate surface area is 237 Å². The Hall–Kier alpha value is -2.97. The van der Waals surface area contributed by atoms with E-state index in [2.05, 4.69) is 16.0 Å². The molecular formula is C31H45FN4O4. The van der Waals surface area contributed by atoms with Crippen molar-refractivity contribution in [1.82, 2.24) is 20.9 Å². The topological polar surface area (TPSA) is 108 Å². The third kappa shape index (κ3) is 9.03. The molecule has 4 amide bonds. The predicted octanol–water partition coefficient (Wildman–Crippen LogP) is 4.12. The van der Waals surface area contributed by atoms with Gasteiger partial charge < -0.3 is 20.9 Å². The first-order valence-corrected chi connectivity index (χ1v) is 15.3. The number of carbonyl (C=O) groups excluding carboxylic acids is 4. The molecule has 0 radical (unpaired) electrons. The summed E-state index contributed by atoms with van der Waals surface area (Å²) in [4.78, 5) is 54.8. The van der Waals surface area contributed by atoms with E-state index in [0.717, 1.165) is 77.0 Å². The van der Waals surface area contributed by atoms with E-state index in [1.165, 1.54) is 6.07 Å². The molecule has 1 aromatic carbocycles. The van der Waals surface area contributed by atoms with Crippen molar-refractivity contribution in [2.45, 2.75) is 121 Å². The van der Waals surface area contributed by atoms with Crippen LogP contribution in [0.25, 0.3) is 0 Å².